The number of thiophene rings is 2. The zero-order chi connectivity index (χ0) is 19.1. The predicted octanol–water partition coefficient (Wildman–Crippen LogP) is 3.71. The van der Waals surface area contributed by atoms with Gasteiger partial charge in [-0.05, 0) is 47.0 Å². The lowest BCUT2D eigenvalue weighted by Gasteiger charge is -2.37. The van der Waals surface area contributed by atoms with Crippen LogP contribution in [-0.4, -0.2) is 36.4 Å². The molecule has 0 bridgehead atoms. The molecule has 0 N–H and O–H groups in total. The van der Waals surface area contributed by atoms with Crippen molar-refractivity contribution in [1.29, 1.82) is 0 Å². The van der Waals surface area contributed by atoms with Crippen LogP contribution in [0.2, 0.25) is 0 Å². The van der Waals surface area contributed by atoms with Crippen LogP contribution in [0.5, 0.6) is 5.75 Å². The maximum atomic E-state index is 13.4. The Morgan fingerprint density at radius 2 is 2.00 bits per heavy atom. The summed E-state index contributed by atoms with van der Waals surface area (Å²) in [6.07, 6.45) is 0.855. The van der Waals surface area contributed by atoms with Crippen molar-refractivity contribution in [3.8, 4) is 5.75 Å². The van der Waals surface area contributed by atoms with Gasteiger partial charge in [-0.3, -0.25) is 14.5 Å². The highest BCUT2D eigenvalue weighted by atomic mass is 32.1. The maximum absolute atomic E-state index is 13.4. The Balaban J connectivity index is 1.46. The summed E-state index contributed by atoms with van der Waals surface area (Å²) in [6.45, 7) is 0.656. The van der Waals surface area contributed by atoms with Crippen LogP contribution in [0.25, 0.3) is 0 Å². The fraction of sp³-hybridized carbons (Fsp3) is 0.238. The number of rotatable bonds is 3. The highest BCUT2D eigenvalue weighted by molar-refractivity contribution is 7.10. The molecule has 2 aliphatic heterocycles. The van der Waals surface area contributed by atoms with E-state index >= 15 is 0 Å². The van der Waals surface area contributed by atoms with Crippen LogP contribution >= 0.6 is 22.7 Å². The van der Waals surface area contributed by atoms with Gasteiger partial charge < -0.3 is 9.64 Å². The summed E-state index contributed by atoms with van der Waals surface area (Å²) < 4.78 is 5.50. The molecule has 0 spiro atoms. The van der Waals surface area contributed by atoms with Gasteiger partial charge in [-0.1, -0.05) is 18.2 Å². The Morgan fingerprint density at radius 3 is 2.86 bits per heavy atom. The number of hydrogen-bond donors (Lipinski definition) is 0. The van der Waals surface area contributed by atoms with Crippen molar-refractivity contribution < 1.29 is 14.3 Å². The van der Waals surface area contributed by atoms with E-state index in [0.717, 1.165) is 11.3 Å². The van der Waals surface area contributed by atoms with Crippen molar-refractivity contribution in [3.63, 3.8) is 0 Å². The van der Waals surface area contributed by atoms with Gasteiger partial charge in [0.05, 0.1) is 11.7 Å². The third kappa shape index (κ3) is 2.91. The molecule has 0 saturated heterocycles. The average molecular weight is 411 g/mol. The Morgan fingerprint density at radius 1 is 1.11 bits per heavy atom. The van der Waals surface area contributed by atoms with Crippen LogP contribution < -0.4 is 9.64 Å². The van der Waals surface area contributed by atoms with Crippen LogP contribution in [0.3, 0.4) is 0 Å². The number of para-hydroxylation sites is 2. The fourth-order valence-electron chi connectivity index (χ4n) is 3.89. The van der Waals surface area contributed by atoms with Crippen molar-refractivity contribution in [2.45, 2.75) is 12.5 Å². The number of carbonyl (C=O) groups excluding carboxylic acids is 2. The number of carbonyl (C=O) groups is 2. The summed E-state index contributed by atoms with van der Waals surface area (Å²) in [5.74, 6) is 0.414. The summed E-state index contributed by atoms with van der Waals surface area (Å²) in [5, 5.41) is 4.14. The molecular weight excluding hydrogens is 392 g/mol. The maximum Gasteiger partial charge on any atom is 0.265 e. The molecule has 0 saturated carbocycles. The van der Waals surface area contributed by atoms with Crippen LogP contribution in [-0.2, 0) is 16.0 Å². The van der Waals surface area contributed by atoms with E-state index in [0.29, 0.717) is 18.0 Å². The Labute approximate surface area is 170 Å². The lowest BCUT2D eigenvalue weighted by molar-refractivity contribution is -0.133. The molecule has 5 nitrogen and oxygen atoms in total. The first-order valence-electron chi connectivity index (χ1n) is 9.13. The third-order valence-electron chi connectivity index (χ3n) is 5.20. The van der Waals surface area contributed by atoms with E-state index in [9.17, 15) is 9.59 Å². The molecular formula is C21H18N2O3S2. The molecule has 4 heterocycles. The third-order valence-corrected chi connectivity index (χ3v) is 7.12. The lowest BCUT2D eigenvalue weighted by atomic mass is 9.98. The van der Waals surface area contributed by atoms with E-state index in [1.807, 2.05) is 40.6 Å². The molecule has 2 aliphatic rings. The minimum Gasteiger partial charge on any atom is -0.482 e. The molecule has 1 atom stereocenters. The normalized spacial score (nSPS) is 18.4. The molecule has 0 radical (unpaired) electrons. The topological polar surface area (TPSA) is 49.9 Å². The van der Waals surface area contributed by atoms with E-state index < -0.39 is 0 Å². The van der Waals surface area contributed by atoms with Gasteiger partial charge in [-0.15, -0.1) is 22.7 Å². The van der Waals surface area contributed by atoms with Gasteiger partial charge in [-0.25, -0.2) is 0 Å². The quantitative estimate of drug-likeness (QED) is 0.661. The van der Waals surface area contributed by atoms with E-state index in [1.54, 1.807) is 27.6 Å². The van der Waals surface area contributed by atoms with Crippen LogP contribution in [0.15, 0.2) is 53.2 Å². The second-order valence-electron chi connectivity index (χ2n) is 6.79. The number of hydrogen-bond acceptors (Lipinski definition) is 5. The molecule has 2 amide bonds. The number of anilines is 1. The first kappa shape index (κ1) is 17.5. The largest absolute Gasteiger partial charge is 0.482 e. The second-order valence-corrected chi connectivity index (χ2v) is 8.77. The number of ether oxygens (including phenoxy) is 1. The van der Waals surface area contributed by atoms with Crippen molar-refractivity contribution in [3.05, 3.63) is 68.5 Å². The SMILES string of the molecule is O=C1COc2ccccc2N1CC(=O)N1CCc2sccc2[C@@H]1c1cccs1. The number of nitrogens with zero attached hydrogens (tertiary/aromatic N) is 2. The van der Waals surface area contributed by atoms with Gasteiger partial charge in [0.2, 0.25) is 5.91 Å². The molecule has 5 rings (SSSR count). The highest BCUT2D eigenvalue weighted by Gasteiger charge is 2.36. The molecule has 28 heavy (non-hydrogen) atoms. The summed E-state index contributed by atoms with van der Waals surface area (Å²) in [4.78, 5) is 31.8. The van der Waals surface area contributed by atoms with Gasteiger partial charge >= 0.3 is 0 Å². The van der Waals surface area contributed by atoms with Gasteiger partial charge in [0, 0.05) is 16.3 Å². The Kier molecular flexibility index (Phi) is 4.41. The van der Waals surface area contributed by atoms with E-state index in [-0.39, 0.29) is 31.0 Å². The first-order chi connectivity index (χ1) is 13.7. The standard InChI is InChI=1S/C21H18N2O3S2/c24-19(12-23-15-4-1-2-5-16(15)26-13-20(23)25)22-9-7-17-14(8-11-28-17)21(22)18-6-3-10-27-18/h1-6,8,10-11,21H,7,9,12-13H2/t21-/m1/s1. The number of fused-ring (bicyclic) bond motifs is 2. The van der Waals surface area contributed by atoms with Crippen molar-refractivity contribution in [1.82, 2.24) is 4.90 Å². The van der Waals surface area contributed by atoms with E-state index in [4.69, 9.17) is 4.74 Å². The minimum atomic E-state index is -0.187. The monoisotopic (exact) mass is 410 g/mol. The first-order valence-corrected chi connectivity index (χ1v) is 10.9. The van der Waals surface area contributed by atoms with Crippen LogP contribution in [0.4, 0.5) is 5.69 Å². The molecule has 2 aromatic heterocycles. The minimum absolute atomic E-state index is 0.0283. The highest BCUT2D eigenvalue weighted by Crippen LogP contribution is 2.40. The van der Waals surface area contributed by atoms with E-state index in [1.165, 1.54) is 10.4 Å². The van der Waals surface area contributed by atoms with Gasteiger partial charge in [0.25, 0.3) is 5.91 Å². The predicted molar refractivity (Wildman–Crippen MR) is 110 cm³/mol. The number of benzene rings is 1. The summed E-state index contributed by atoms with van der Waals surface area (Å²) in [6, 6.07) is 13.5. The van der Waals surface area contributed by atoms with E-state index in [2.05, 4.69) is 17.5 Å². The second kappa shape index (κ2) is 7.07. The summed E-state index contributed by atoms with van der Waals surface area (Å²) >= 11 is 3.42. The summed E-state index contributed by atoms with van der Waals surface area (Å²) in [7, 11) is 0. The lowest BCUT2D eigenvalue weighted by Crippen LogP contribution is -2.48. The van der Waals surface area contributed by atoms with Crippen molar-refractivity contribution >= 4 is 40.2 Å². The van der Waals surface area contributed by atoms with Crippen LogP contribution in [0, 0.1) is 0 Å². The molecule has 3 aromatic rings. The zero-order valence-electron chi connectivity index (χ0n) is 15.0. The van der Waals surface area contributed by atoms with Crippen molar-refractivity contribution in [2.24, 2.45) is 0 Å². The molecule has 7 heteroatoms. The number of amides is 2. The van der Waals surface area contributed by atoms with Gasteiger partial charge in [0.1, 0.15) is 12.3 Å². The molecule has 0 fully saturated rings. The Hall–Kier alpha value is -2.64. The molecule has 142 valence electrons. The van der Waals surface area contributed by atoms with Gasteiger partial charge in [-0.2, -0.15) is 0 Å². The molecule has 0 aliphatic carbocycles. The van der Waals surface area contributed by atoms with Crippen LogP contribution in [0.1, 0.15) is 21.4 Å². The zero-order valence-corrected chi connectivity index (χ0v) is 16.7. The van der Waals surface area contributed by atoms with Crippen molar-refractivity contribution in [2.75, 3.05) is 24.6 Å². The molecule has 0 unspecified atom stereocenters. The molecule has 1 aromatic carbocycles. The summed E-state index contributed by atoms with van der Waals surface area (Å²) in [5.41, 5.74) is 1.87. The average Bonchev–Trinajstić information content (AvgIpc) is 3.41. The smallest absolute Gasteiger partial charge is 0.265 e. The van der Waals surface area contributed by atoms with Gasteiger partial charge in [0.15, 0.2) is 6.61 Å². The fourth-order valence-corrected chi connectivity index (χ4v) is 5.65. The Bertz CT molecular complexity index is 1030.